The quantitative estimate of drug-likeness (QED) is 0.404. The summed E-state index contributed by atoms with van der Waals surface area (Å²) in [6, 6.07) is 0. The van der Waals surface area contributed by atoms with Crippen LogP contribution in [0.25, 0.3) is 11.6 Å². The first-order chi connectivity index (χ1) is 10.6. The van der Waals surface area contributed by atoms with Crippen molar-refractivity contribution in [2.75, 3.05) is 5.84 Å². The van der Waals surface area contributed by atoms with E-state index in [-0.39, 0.29) is 4.68 Å². The van der Waals surface area contributed by atoms with E-state index in [4.69, 9.17) is 5.84 Å². The highest BCUT2D eigenvalue weighted by Crippen LogP contribution is 2.32. The van der Waals surface area contributed by atoms with Crippen molar-refractivity contribution in [3.8, 4) is 11.6 Å². The molecule has 0 spiro atoms. The van der Waals surface area contributed by atoms with Crippen LogP contribution in [0.1, 0.15) is 0 Å². The summed E-state index contributed by atoms with van der Waals surface area (Å²) in [4.78, 5) is 47.5. The van der Waals surface area contributed by atoms with Gasteiger partial charge in [0.25, 0.3) is 5.82 Å². The lowest BCUT2D eigenvalue weighted by molar-refractivity contribution is -0.428. The van der Waals surface area contributed by atoms with Crippen LogP contribution in [-0.4, -0.2) is 34.3 Å². The van der Waals surface area contributed by atoms with Gasteiger partial charge in [-0.2, -0.15) is 14.9 Å². The second-order valence-corrected chi connectivity index (χ2v) is 3.68. The van der Waals surface area contributed by atoms with Crippen molar-refractivity contribution < 1.29 is 19.7 Å². The molecule has 0 aliphatic heterocycles. The van der Waals surface area contributed by atoms with Gasteiger partial charge in [0.05, 0.1) is 0 Å². The average Bonchev–Trinajstić information content (AvgIpc) is 2.99. The Kier molecular flexibility index (Phi) is 3.29. The fourth-order valence-electron chi connectivity index (χ4n) is 1.53. The third-order valence-electron chi connectivity index (χ3n) is 2.38. The van der Waals surface area contributed by atoms with Crippen LogP contribution in [-0.2, 0) is 0 Å². The fourth-order valence-corrected chi connectivity index (χ4v) is 1.53. The van der Waals surface area contributed by atoms with E-state index >= 15 is 0 Å². The Labute approximate surface area is 121 Å². The number of nitro groups is 4. The number of aromatic nitrogens is 4. The Morgan fingerprint density at radius 1 is 0.870 bits per heavy atom. The van der Waals surface area contributed by atoms with Crippen molar-refractivity contribution in [3.05, 3.63) is 40.5 Å². The van der Waals surface area contributed by atoms with Crippen LogP contribution in [0.4, 0.5) is 23.3 Å². The highest BCUT2D eigenvalue weighted by molar-refractivity contribution is 5.60. The maximum absolute atomic E-state index is 10.8. The minimum absolute atomic E-state index is 0.0981. The number of rotatable bonds is 5. The number of hydrogen-bond acceptors (Lipinski definition) is 11. The summed E-state index contributed by atoms with van der Waals surface area (Å²) >= 11 is 0. The molecule has 17 heteroatoms. The Balaban J connectivity index is 2.73. The molecule has 120 valence electrons. The smallest absolute Gasteiger partial charge is 0.459 e. The van der Waals surface area contributed by atoms with E-state index in [9.17, 15) is 40.5 Å². The van der Waals surface area contributed by atoms with E-state index in [2.05, 4.69) is 15.0 Å². The zero-order chi connectivity index (χ0) is 17.5. The molecule has 2 aromatic rings. The Bertz CT molecular complexity index is 832. The van der Waals surface area contributed by atoms with Gasteiger partial charge in [-0.05, 0) is 14.8 Å². The molecule has 2 heterocycles. The molecule has 2 N–H and O–H groups in total. The van der Waals surface area contributed by atoms with Gasteiger partial charge in [0, 0.05) is 4.98 Å². The molecule has 0 aliphatic carbocycles. The molecular weight excluding hydrogens is 326 g/mol. The van der Waals surface area contributed by atoms with Crippen molar-refractivity contribution in [1.29, 1.82) is 0 Å². The zero-order valence-corrected chi connectivity index (χ0v) is 10.4. The molecule has 23 heavy (non-hydrogen) atoms. The van der Waals surface area contributed by atoms with Crippen molar-refractivity contribution in [2.45, 2.75) is 0 Å². The molecule has 0 amide bonds. The number of nitrogens with two attached hydrogens (primary N) is 1. The molecule has 0 bridgehead atoms. The molecule has 0 saturated carbocycles. The second kappa shape index (κ2) is 4.98. The zero-order valence-electron chi connectivity index (χ0n) is 10.4. The largest absolute Gasteiger partial charge is 0.465 e. The van der Waals surface area contributed by atoms with E-state index in [1.165, 1.54) is 0 Å². The predicted octanol–water partition coefficient (Wildman–Crippen LogP) is -0.751. The first-order valence-corrected chi connectivity index (χ1v) is 5.15. The van der Waals surface area contributed by atoms with E-state index in [0.717, 1.165) is 0 Å². The highest BCUT2D eigenvalue weighted by Gasteiger charge is 2.40. The van der Waals surface area contributed by atoms with Crippen LogP contribution in [0.2, 0.25) is 0 Å². The molecular formula is C6H2N9O8-. The van der Waals surface area contributed by atoms with Crippen molar-refractivity contribution >= 4 is 23.3 Å². The van der Waals surface area contributed by atoms with Gasteiger partial charge in [-0.25, -0.2) is 0 Å². The van der Waals surface area contributed by atoms with Gasteiger partial charge in [0.15, 0.2) is 0 Å². The maximum atomic E-state index is 10.8. The van der Waals surface area contributed by atoms with Crippen LogP contribution < -0.4 is 10.8 Å². The SMILES string of the molecule is Nn1c(-c2nc([N+](=O)[O-])c([N+](=O)[O-])[n-]2)nc([N+](=O)[O-])c1[N+](=O)[O-]. The van der Waals surface area contributed by atoms with Gasteiger partial charge in [0.2, 0.25) is 5.82 Å². The lowest BCUT2D eigenvalue weighted by Gasteiger charge is -2.00. The van der Waals surface area contributed by atoms with E-state index < -0.39 is 54.6 Å². The van der Waals surface area contributed by atoms with Gasteiger partial charge in [-0.1, -0.05) is 4.68 Å². The number of imidazole rings is 2. The van der Waals surface area contributed by atoms with Crippen molar-refractivity contribution in [3.63, 3.8) is 0 Å². The molecule has 0 fully saturated rings. The topological polar surface area (TPSA) is 243 Å². The Morgan fingerprint density at radius 3 is 1.78 bits per heavy atom. The standard InChI is InChI=1S/C6H2N9O8/c7-11-2(10-5(14(20)21)6(11)15(22)23)1-8-3(12(16)17)4(9-1)13(18)19/h7H2/q-1. The van der Waals surface area contributed by atoms with Gasteiger partial charge >= 0.3 is 23.3 Å². The second-order valence-electron chi connectivity index (χ2n) is 3.68. The van der Waals surface area contributed by atoms with Crippen LogP contribution in [0.15, 0.2) is 0 Å². The predicted molar refractivity (Wildman–Crippen MR) is 65.5 cm³/mol. The summed E-state index contributed by atoms with van der Waals surface area (Å²) in [6.45, 7) is 0. The Morgan fingerprint density at radius 2 is 1.43 bits per heavy atom. The summed E-state index contributed by atoms with van der Waals surface area (Å²) in [5, 5.41) is 42.8. The summed E-state index contributed by atoms with van der Waals surface area (Å²) in [6.07, 6.45) is 0. The van der Waals surface area contributed by atoms with Crippen LogP contribution in [0.5, 0.6) is 0 Å². The minimum Gasteiger partial charge on any atom is -0.459 e. The first kappa shape index (κ1) is 15.2. The third kappa shape index (κ3) is 2.32. The molecule has 0 aliphatic rings. The van der Waals surface area contributed by atoms with Crippen molar-refractivity contribution in [2.24, 2.45) is 0 Å². The molecule has 17 nitrogen and oxygen atoms in total. The first-order valence-electron chi connectivity index (χ1n) is 5.15. The summed E-state index contributed by atoms with van der Waals surface area (Å²) < 4.78 is 0.0981. The van der Waals surface area contributed by atoms with Crippen LogP contribution >= 0.6 is 0 Å². The molecule has 0 unspecified atom stereocenters. The van der Waals surface area contributed by atoms with Gasteiger partial charge in [-0.3, -0.25) is 5.84 Å². The molecule has 0 saturated heterocycles. The number of hydrogen-bond donors (Lipinski definition) is 1. The maximum Gasteiger partial charge on any atom is 0.465 e. The van der Waals surface area contributed by atoms with Gasteiger partial charge < -0.3 is 40.5 Å². The summed E-state index contributed by atoms with van der Waals surface area (Å²) in [5.41, 5.74) is 0. The minimum atomic E-state index is -1.28. The third-order valence-corrected chi connectivity index (χ3v) is 2.38. The molecule has 2 rings (SSSR count). The summed E-state index contributed by atoms with van der Waals surface area (Å²) in [5.74, 6) is -1.45. The molecule has 0 aromatic carbocycles. The monoisotopic (exact) mass is 328 g/mol. The van der Waals surface area contributed by atoms with Crippen LogP contribution in [0, 0.1) is 40.5 Å². The Hall–Kier alpha value is -4.18. The van der Waals surface area contributed by atoms with Crippen molar-refractivity contribution in [1.82, 2.24) is 19.6 Å². The van der Waals surface area contributed by atoms with Gasteiger partial charge in [0.1, 0.15) is 0 Å². The average molecular weight is 328 g/mol. The van der Waals surface area contributed by atoms with E-state index in [0.29, 0.717) is 0 Å². The molecule has 2 aromatic heterocycles. The lowest BCUT2D eigenvalue weighted by atomic mass is 10.6. The van der Waals surface area contributed by atoms with Gasteiger partial charge in [-0.15, -0.1) is 0 Å². The fraction of sp³-hybridized carbons (Fsp3) is 0. The highest BCUT2D eigenvalue weighted by atomic mass is 16.7. The number of nitrogen functional groups attached to an aromatic ring is 1. The number of nitrogens with zero attached hydrogens (tertiary/aromatic N) is 8. The normalized spacial score (nSPS) is 10.4. The van der Waals surface area contributed by atoms with E-state index in [1.54, 1.807) is 0 Å². The van der Waals surface area contributed by atoms with E-state index in [1.807, 2.05) is 0 Å². The lowest BCUT2D eigenvalue weighted by Crippen LogP contribution is -2.14. The molecule has 0 radical (unpaired) electrons. The summed E-state index contributed by atoms with van der Waals surface area (Å²) in [7, 11) is 0. The van der Waals surface area contributed by atoms with Crippen LogP contribution in [0.3, 0.4) is 0 Å². The molecule has 0 atom stereocenters.